The topological polar surface area (TPSA) is 157 Å². The monoisotopic (exact) mass is 717 g/mol. The Labute approximate surface area is 276 Å². The normalized spacial score (nSPS) is 9.55. The van der Waals surface area contributed by atoms with E-state index in [2.05, 4.69) is 30.6 Å². The number of non-ortho nitro benzene ring substituents is 1. The summed E-state index contributed by atoms with van der Waals surface area (Å²) >= 11 is 11.7. The van der Waals surface area contributed by atoms with Gasteiger partial charge in [-0.05, 0) is 73.5 Å². The number of nitro benzene ring substituents is 1. The van der Waals surface area contributed by atoms with Crippen molar-refractivity contribution in [1.82, 2.24) is 19.9 Å². The largest absolute Gasteiger partial charge is 2.00 e. The van der Waals surface area contributed by atoms with E-state index in [0.29, 0.717) is 0 Å². The van der Waals surface area contributed by atoms with Gasteiger partial charge < -0.3 is 20.2 Å². The zero-order valence-corrected chi connectivity index (χ0v) is 26.4. The Hall–Kier alpha value is -4.64. The summed E-state index contributed by atoms with van der Waals surface area (Å²) in [5.41, 5.74) is 1.84. The van der Waals surface area contributed by atoms with Crippen molar-refractivity contribution < 1.29 is 34.0 Å². The van der Waals surface area contributed by atoms with E-state index in [9.17, 15) is 19.7 Å². The molecule has 4 aromatic heterocycles. The number of amides is 2. The Morgan fingerprint density at radius 2 is 1.09 bits per heavy atom. The van der Waals surface area contributed by atoms with Crippen LogP contribution in [0.2, 0.25) is 10.0 Å². The molecule has 2 amide bonds. The van der Waals surface area contributed by atoms with E-state index in [1.54, 1.807) is 24.8 Å². The molecule has 0 aliphatic heterocycles. The van der Waals surface area contributed by atoms with Gasteiger partial charge in [0, 0.05) is 59.4 Å². The molecule has 0 unspecified atom stereocenters. The molecule has 0 aliphatic carbocycles. The summed E-state index contributed by atoms with van der Waals surface area (Å²) in [6.07, 6.45) is 9.80. The number of nitrogens with zero attached hydrogens (tertiary/aromatic N) is 7. The third-order valence-electron chi connectivity index (χ3n) is 5.19. The van der Waals surface area contributed by atoms with Crippen LogP contribution in [0.5, 0.6) is 0 Å². The molecule has 224 valence electrons. The van der Waals surface area contributed by atoms with E-state index >= 15 is 0 Å². The molecule has 0 fully saturated rings. The standard InChI is InChI=1S/C18H11Cl2N5O4.2C6H7N.Ru/c19-10-3-5-21-15(7-10)17(26)23-13-2-1-12(25(28)29)9-14(13)24-18(27)16-8-11(20)4-6-22-16;2*1-6-2-4-7-5-3-6;/h1-9H,(H2,21,22,23,24,26,27);2*2-5H,1H3;/q;;;+2/p-2. The van der Waals surface area contributed by atoms with Gasteiger partial charge in [-0.15, -0.1) is 11.4 Å². The molecule has 14 heteroatoms. The maximum atomic E-state index is 12.4. The van der Waals surface area contributed by atoms with Crippen LogP contribution in [0.15, 0.2) is 104 Å². The minimum Gasteiger partial charge on any atom is -0.622 e. The molecule has 0 atom stereocenters. The second kappa shape index (κ2) is 18.1. The van der Waals surface area contributed by atoms with Crippen LogP contribution in [-0.2, 0) is 19.5 Å². The SMILES string of the molecule is Cc1ccncc1.Cc1ccncc1.O=C([N-]c1ccc([N+](=O)[O-])cc1[N-]C(=O)c1cc(Cl)ccn1)c1cc(Cl)ccn1.[Ru+2]. The second-order valence-corrected chi connectivity index (χ2v) is 9.40. The van der Waals surface area contributed by atoms with Gasteiger partial charge in [-0.3, -0.25) is 30.1 Å². The molecule has 0 saturated carbocycles. The first-order chi connectivity index (χ1) is 20.6. The maximum absolute atomic E-state index is 12.4. The fourth-order valence-electron chi connectivity index (χ4n) is 3.04. The van der Waals surface area contributed by atoms with Crippen molar-refractivity contribution >= 4 is 52.1 Å². The fraction of sp³-hybridized carbons (Fsp3) is 0.0667. The van der Waals surface area contributed by atoms with Crippen molar-refractivity contribution in [3.05, 3.63) is 157 Å². The Morgan fingerprint density at radius 1 is 0.659 bits per heavy atom. The molecule has 44 heavy (non-hydrogen) atoms. The summed E-state index contributed by atoms with van der Waals surface area (Å²) in [5, 5.41) is 19.3. The van der Waals surface area contributed by atoms with E-state index in [1.165, 1.54) is 53.9 Å². The second-order valence-electron chi connectivity index (χ2n) is 8.53. The number of benzene rings is 1. The van der Waals surface area contributed by atoms with E-state index in [-0.39, 0.29) is 58.0 Å². The first-order valence-corrected chi connectivity index (χ1v) is 13.1. The number of carbonyl (C=O) groups excluding carboxylic acids is 2. The number of halogens is 2. The van der Waals surface area contributed by atoms with Gasteiger partial charge in [-0.1, -0.05) is 29.3 Å². The summed E-state index contributed by atoms with van der Waals surface area (Å²) in [4.78, 5) is 50.6. The molecule has 1 aromatic carbocycles. The molecule has 0 radical (unpaired) electrons. The van der Waals surface area contributed by atoms with Crippen molar-refractivity contribution in [2.45, 2.75) is 13.8 Å². The molecule has 0 N–H and O–H groups in total. The molecule has 5 rings (SSSR count). The van der Waals surface area contributed by atoms with Crippen molar-refractivity contribution in [2.24, 2.45) is 0 Å². The van der Waals surface area contributed by atoms with Gasteiger partial charge in [0.1, 0.15) is 11.8 Å². The molecule has 11 nitrogen and oxygen atoms in total. The molecule has 0 bridgehead atoms. The van der Waals surface area contributed by atoms with Gasteiger partial charge in [0.05, 0.1) is 16.3 Å². The van der Waals surface area contributed by atoms with Crippen molar-refractivity contribution in [3.8, 4) is 0 Å². The van der Waals surface area contributed by atoms with Gasteiger partial charge in [0.25, 0.3) is 5.69 Å². The quantitative estimate of drug-likeness (QED) is 0.100. The minimum atomic E-state index is -0.808. The van der Waals surface area contributed by atoms with Gasteiger partial charge in [0.2, 0.25) is 0 Å². The number of hydrogen-bond acceptors (Lipinski definition) is 8. The molecule has 0 spiro atoms. The summed E-state index contributed by atoms with van der Waals surface area (Å²) < 4.78 is 0. The molecule has 0 aliphatic rings. The predicted molar refractivity (Wildman–Crippen MR) is 164 cm³/mol. The van der Waals surface area contributed by atoms with E-state index in [0.717, 1.165) is 12.1 Å². The number of carbonyl (C=O) groups is 2. The van der Waals surface area contributed by atoms with Gasteiger partial charge in [-0.25, -0.2) is 0 Å². The smallest absolute Gasteiger partial charge is 0.622 e. The van der Waals surface area contributed by atoms with Gasteiger partial charge >= 0.3 is 19.5 Å². The fourth-order valence-corrected chi connectivity index (χ4v) is 3.36. The number of rotatable bonds is 5. The number of aromatic nitrogens is 4. The summed E-state index contributed by atoms with van der Waals surface area (Å²) in [6, 6.07) is 16.8. The predicted octanol–water partition coefficient (Wildman–Crippen LogP) is 8.16. The van der Waals surface area contributed by atoms with Crippen LogP contribution in [0.3, 0.4) is 0 Å². The van der Waals surface area contributed by atoms with Crippen molar-refractivity contribution in [3.63, 3.8) is 0 Å². The zero-order valence-electron chi connectivity index (χ0n) is 23.2. The molecule has 4 heterocycles. The Morgan fingerprint density at radius 3 is 1.45 bits per heavy atom. The molecule has 0 saturated heterocycles. The molecular formula is C30H23Cl2N7O4Ru. The van der Waals surface area contributed by atoms with Crippen LogP contribution in [0, 0.1) is 24.0 Å². The van der Waals surface area contributed by atoms with Crippen LogP contribution >= 0.6 is 23.2 Å². The Bertz CT molecular complexity index is 1660. The van der Waals surface area contributed by atoms with Crippen LogP contribution < -0.4 is 0 Å². The number of aryl methyl sites for hydroxylation is 2. The third-order valence-corrected chi connectivity index (χ3v) is 5.66. The maximum Gasteiger partial charge on any atom is 2.00 e. The Kier molecular flexibility index (Phi) is 14.6. The summed E-state index contributed by atoms with van der Waals surface area (Å²) in [6.45, 7) is 4.09. The average Bonchev–Trinajstić information content (AvgIpc) is 2.99. The average molecular weight is 718 g/mol. The van der Waals surface area contributed by atoms with E-state index in [1.807, 2.05) is 38.1 Å². The third kappa shape index (κ3) is 11.9. The molecule has 5 aromatic rings. The van der Waals surface area contributed by atoms with Crippen LogP contribution in [-0.4, -0.2) is 36.7 Å². The van der Waals surface area contributed by atoms with Crippen molar-refractivity contribution in [1.29, 1.82) is 0 Å². The van der Waals surface area contributed by atoms with Gasteiger partial charge in [-0.2, -0.15) is 0 Å². The zero-order chi connectivity index (χ0) is 31.2. The van der Waals surface area contributed by atoms with Crippen molar-refractivity contribution in [2.75, 3.05) is 0 Å². The first-order valence-electron chi connectivity index (χ1n) is 12.4. The van der Waals surface area contributed by atoms with Crippen LogP contribution in [0.25, 0.3) is 10.6 Å². The summed E-state index contributed by atoms with van der Waals surface area (Å²) in [5.74, 6) is -1.57. The first kappa shape index (κ1) is 35.6. The molecular weight excluding hydrogens is 694 g/mol. The minimum absolute atomic E-state index is 0. The number of hydrogen-bond donors (Lipinski definition) is 0. The van der Waals surface area contributed by atoms with Crippen LogP contribution in [0.4, 0.5) is 17.1 Å². The summed E-state index contributed by atoms with van der Waals surface area (Å²) in [7, 11) is 0. The van der Waals surface area contributed by atoms with Crippen LogP contribution in [0.1, 0.15) is 32.1 Å². The van der Waals surface area contributed by atoms with E-state index < -0.39 is 16.7 Å². The van der Waals surface area contributed by atoms with E-state index in [4.69, 9.17) is 23.2 Å². The van der Waals surface area contributed by atoms with Gasteiger partial charge in [0.15, 0.2) is 0 Å². The Balaban J connectivity index is 0.000000367. The number of pyridine rings is 4. The number of nitro groups is 1.